The van der Waals surface area contributed by atoms with Gasteiger partial charge in [-0.15, -0.1) is 0 Å². The minimum Gasteiger partial charge on any atom is -0.489 e. The molecule has 0 aromatic heterocycles. The average Bonchev–Trinajstić information content (AvgIpc) is 2.60. The molecule has 156 valence electrons. The van der Waals surface area contributed by atoms with Crippen LogP contribution in [0, 0.1) is 0 Å². The number of rotatable bonds is 7. The van der Waals surface area contributed by atoms with E-state index >= 15 is 0 Å². The lowest BCUT2D eigenvalue weighted by Crippen LogP contribution is -2.44. The molecule has 29 heavy (non-hydrogen) atoms. The van der Waals surface area contributed by atoms with Crippen LogP contribution in [-0.2, 0) is 22.6 Å². The molecule has 0 aliphatic rings. The van der Waals surface area contributed by atoms with Crippen molar-refractivity contribution in [2.24, 2.45) is 0 Å². The average molecular weight is 440 g/mol. The molecule has 1 atom stereocenters. The van der Waals surface area contributed by atoms with Gasteiger partial charge in [0, 0.05) is 22.0 Å². The van der Waals surface area contributed by atoms with E-state index in [1.807, 2.05) is 0 Å². The molecule has 0 heterocycles. The van der Waals surface area contributed by atoms with E-state index in [0.29, 0.717) is 15.8 Å². The standard InChI is InChI=1S/C21H23Cl2NO5/c1-21(2,3)29-20(27)24-18(19(25)26)10-13-4-8-16(9-5-13)28-12-14-6-7-15(22)11-17(14)23/h4-9,11,18H,10,12H2,1-3H3,(H,24,27)(H,25,26)/t18-/m0/s1. The number of carbonyl (C=O) groups excluding carboxylic acids is 1. The highest BCUT2D eigenvalue weighted by atomic mass is 35.5. The summed E-state index contributed by atoms with van der Waals surface area (Å²) in [4.78, 5) is 23.3. The van der Waals surface area contributed by atoms with Gasteiger partial charge in [0.15, 0.2) is 0 Å². The Hall–Kier alpha value is -2.44. The number of amides is 1. The number of halogens is 2. The normalized spacial score (nSPS) is 12.2. The topological polar surface area (TPSA) is 84.9 Å². The van der Waals surface area contributed by atoms with Crippen LogP contribution >= 0.6 is 23.2 Å². The quantitative estimate of drug-likeness (QED) is 0.627. The number of hydrogen-bond acceptors (Lipinski definition) is 4. The summed E-state index contributed by atoms with van der Waals surface area (Å²) in [5, 5.41) is 12.8. The van der Waals surface area contributed by atoms with Crippen molar-refractivity contribution in [2.45, 2.75) is 45.4 Å². The van der Waals surface area contributed by atoms with Crippen LogP contribution in [0.5, 0.6) is 5.75 Å². The second kappa shape index (κ2) is 9.85. The first-order valence-corrected chi connectivity index (χ1v) is 9.67. The molecule has 1 amide bonds. The Balaban J connectivity index is 1.95. The van der Waals surface area contributed by atoms with Crippen LogP contribution in [-0.4, -0.2) is 28.8 Å². The van der Waals surface area contributed by atoms with Crippen LogP contribution in [0.1, 0.15) is 31.9 Å². The SMILES string of the molecule is CC(C)(C)OC(=O)N[C@@H](Cc1ccc(OCc2ccc(Cl)cc2Cl)cc1)C(=O)O. The Kier molecular flexibility index (Phi) is 7.76. The van der Waals surface area contributed by atoms with Gasteiger partial charge in [-0.2, -0.15) is 0 Å². The Morgan fingerprint density at radius 1 is 1.10 bits per heavy atom. The highest BCUT2D eigenvalue weighted by molar-refractivity contribution is 6.35. The van der Waals surface area contributed by atoms with Crippen molar-refractivity contribution in [2.75, 3.05) is 0 Å². The van der Waals surface area contributed by atoms with Crippen molar-refractivity contribution in [3.05, 3.63) is 63.6 Å². The largest absolute Gasteiger partial charge is 0.489 e. The van der Waals surface area contributed by atoms with Gasteiger partial charge in [-0.05, 0) is 50.6 Å². The molecule has 0 saturated heterocycles. The van der Waals surface area contributed by atoms with E-state index in [0.717, 1.165) is 11.1 Å². The van der Waals surface area contributed by atoms with Gasteiger partial charge >= 0.3 is 12.1 Å². The van der Waals surface area contributed by atoms with E-state index in [1.165, 1.54) is 0 Å². The minimum atomic E-state index is -1.14. The maximum absolute atomic E-state index is 11.9. The van der Waals surface area contributed by atoms with Gasteiger partial charge in [0.2, 0.25) is 0 Å². The highest BCUT2D eigenvalue weighted by Gasteiger charge is 2.24. The third-order valence-corrected chi connectivity index (χ3v) is 4.35. The molecule has 2 N–H and O–H groups in total. The van der Waals surface area contributed by atoms with Gasteiger partial charge in [-0.3, -0.25) is 0 Å². The van der Waals surface area contributed by atoms with Crippen LogP contribution in [0.3, 0.4) is 0 Å². The second-order valence-corrected chi connectivity index (χ2v) is 8.25. The smallest absolute Gasteiger partial charge is 0.408 e. The first kappa shape index (κ1) is 22.8. The van der Waals surface area contributed by atoms with Crippen LogP contribution in [0.25, 0.3) is 0 Å². The number of alkyl carbamates (subject to hydrolysis) is 1. The van der Waals surface area contributed by atoms with Gasteiger partial charge in [0.25, 0.3) is 0 Å². The van der Waals surface area contributed by atoms with Crippen LogP contribution in [0.2, 0.25) is 10.0 Å². The van der Waals surface area contributed by atoms with E-state index < -0.39 is 23.7 Å². The summed E-state index contributed by atoms with van der Waals surface area (Å²) < 4.78 is 10.8. The Bertz CT molecular complexity index is 862. The lowest BCUT2D eigenvalue weighted by atomic mass is 10.1. The lowest BCUT2D eigenvalue weighted by Gasteiger charge is -2.22. The maximum atomic E-state index is 11.9. The van der Waals surface area contributed by atoms with Crippen molar-refractivity contribution >= 4 is 35.3 Å². The van der Waals surface area contributed by atoms with E-state index in [1.54, 1.807) is 63.2 Å². The third-order valence-electron chi connectivity index (χ3n) is 3.76. The molecule has 0 bridgehead atoms. The molecule has 8 heteroatoms. The van der Waals surface area contributed by atoms with Crippen molar-refractivity contribution in [3.8, 4) is 5.75 Å². The molecule has 0 unspecified atom stereocenters. The summed E-state index contributed by atoms with van der Waals surface area (Å²) in [5.41, 5.74) is 0.817. The lowest BCUT2D eigenvalue weighted by molar-refractivity contribution is -0.139. The van der Waals surface area contributed by atoms with Crippen LogP contribution in [0.15, 0.2) is 42.5 Å². The van der Waals surface area contributed by atoms with Crippen LogP contribution < -0.4 is 10.1 Å². The number of benzene rings is 2. The van der Waals surface area contributed by atoms with Gasteiger partial charge < -0.3 is 19.9 Å². The summed E-state index contributed by atoms with van der Waals surface area (Å²) in [6.07, 6.45) is -0.664. The molecule has 2 aromatic carbocycles. The zero-order valence-corrected chi connectivity index (χ0v) is 17.9. The number of nitrogens with one attached hydrogen (secondary N) is 1. The van der Waals surface area contributed by atoms with E-state index in [9.17, 15) is 14.7 Å². The summed E-state index contributed by atoms with van der Waals surface area (Å²) in [7, 11) is 0. The Labute approximate surface area is 179 Å². The summed E-state index contributed by atoms with van der Waals surface area (Å²) >= 11 is 12.0. The Morgan fingerprint density at radius 2 is 1.76 bits per heavy atom. The molecule has 2 aromatic rings. The Morgan fingerprint density at radius 3 is 2.31 bits per heavy atom. The number of aliphatic carboxylic acids is 1. The van der Waals surface area contributed by atoms with E-state index in [2.05, 4.69) is 5.32 Å². The molecule has 6 nitrogen and oxygen atoms in total. The zero-order chi connectivity index (χ0) is 21.6. The van der Waals surface area contributed by atoms with Crippen molar-refractivity contribution in [1.82, 2.24) is 5.32 Å². The predicted molar refractivity (Wildman–Crippen MR) is 112 cm³/mol. The molecule has 0 saturated carbocycles. The molecule has 0 radical (unpaired) electrons. The minimum absolute atomic E-state index is 0.109. The van der Waals surface area contributed by atoms with Crippen LogP contribution in [0.4, 0.5) is 4.79 Å². The fraction of sp³-hybridized carbons (Fsp3) is 0.333. The number of carboxylic acids is 1. The fourth-order valence-electron chi connectivity index (χ4n) is 2.41. The fourth-order valence-corrected chi connectivity index (χ4v) is 2.87. The summed E-state index contributed by atoms with van der Waals surface area (Å²) in [6.45, 7) is 5.39. The summed E-state index contributed by atoms with van der Waals surface area (Å²) in [5.74, 6) is -0.541. The first-order valence-electron chi connectivity index (χ1n) is 8.91. The van der Waals surface area contributed by atoms with Gasteiger partial charge in [0.05, 0.1) is 0 Å². The number of carbonyl (C=O) groups is 2. The molecule has 0 fully saturated rings. The molecule has 0 spiro atoms. The number of hydrogen-bond donors (Lipinski definition) is 2. The molecular weight excluding hydrogens is 417 g/mol. The monoisotopic (exact) mass is 439 g/mol. The predicted octanol–water partition coefficient (Wildman–Crippen LogP) is 5.09. The van der Waals surface area contributed by atoms with E-state index in [4.69, 9.17) is 32.7 Å². The first-order chi connectivity index (χ1) is 13.5. The molecule has 0 aliphatic carbocycles. The van der Waals surface area contributed by atoms with Crippen molar-refractivity contribution in [1.29, 1.82) is 0 Å². The van der Waals surface area contributed by atoms with Gasteiger partial charge in [-0.1, -0.05) is 41.4 Å². The summed E-state index contributed by atoms with van der Waals surface area (Å²) in [6, 6.07) is 11.0. The highest BCUT2D eigenvalue weighted by Crippen LogP contribution is 2.23. The number of carboxylic acid groups (broad SMARTS) is 1. The third kappa shape index (κ3) is 7.83. The maximum Gasteiger partial charge on any atom is 0.408 e. The number of ether oxygens (including phenoxy) is 2. The van der Waals surface area contributed by atoms with Crippen molar-refractivity contribution in [3.63, 3.8) is 0 Å². The molecule has 0 aliphatic heterocycles. The van der Waals surface area contributed by atoms with E-state index in [-0.39, 0.29) is 13.0 Å². The second-order valence-electron chi connectivity index (χ2n) is 7.41. The van der Waals surface area contributed by atoms with Crippen molar-refractivity contribution < 1.29 is 24.2 Å². The van der Waals surface area contributed by atoms with Gasteiger partial charge in [-0.25, -0.2) is 9.59 Å². The molecule has 2 rings (SSSR count). The molecular formula is C21H23Cl2NO5. The zero-order valence-electron chi connectivity index (χ0n) is 16.4. The van der Waals surface area contributed by atoms with Gasteiger partial charge in [0.1, 0.15) is 24.0 Å².